The highest BCUT2D eigenvalue weighted by Crippen LogP contribution is 2.29. The molecule has 0 aromatic carbocycles. The maximum atomic E-state index is 5.66. The van der Waals surface area contributed by atoms with E-state index in [9.17, 15) is 0 Å². The van der Waals surface area contributed by atoms with E-state index >= 15 is 0 Å². The summed E-state index contributed by atoms with van der Waals surface area (Å²) in [6.07, 6.45) is 2.86. The normalized spacial score (nSPS) is 14.9. The van der Waals surface area contributed by atoms with E-state index in [-0.39, 0.29) is 6.04 Å². The fourth-order valence-electron chi connectivity index (χ4n) is 1.79. The van der Waals surface area contributed by atoms with Crippen molar-refractivity contribution < 1.29 is 4.74 Å². The number of methoxy groups -OCH3 is 1. The summed E-state index contributed by atoms with van der Waals surface area (Å²) < 4.78 is 8.00. The summed E-state index contributed by atoms with van der Waals surface area (Å²) in [5.41, 5.74) is 3.96. The molecule has 0 spiro atoms. The minimum absolute atomic E-state index is 0.0914. The second-order valence-electron chi connectivity index (χ2n) is 4.12. The average molecular weight is 305 g/mol. The zero-order valence-corrected chi connectivity index (χ0v) is 12.2. The van der Waals surface area contributed by atoms with Gasteiger partial charge in [0, 0.05) is 7.11 Å². The van der Waals surface area contributed by atoms with E-state index < -0.39 is 0 Å². The molecule has 1 aromatic rings. The van der Waals surface area contributed by atoms with Crippen LogP contribution < -0.4 is 11.3 Å². The van der Waals surface area contributed by atoms with Gasteiger partial charge in [-0.25, -0.2) is 0 Å². The SMILES string of the molecule is CCC(C)C(NN)c1c(Br)cnn1CCOC. The number of halogens is 1. The van der Waals surface area contributed by atoms with E-state index in [0.717, 1.165) is 23.1 Å². The molecule has 2 atom stereocenters. The molecule has 6 heteroatoms. The molecule has 0 amide bonds. The van der Waals surface area contributed by atoms with Gasteiger partial charge in [0.25, 0.3) is 0 Å². The lowest BCUT2D eigenvalue weighted by molar-refractivity contribution is 0.180. The van der Waals surface area contributed by atoms with Crippen LogP contribution in [0.4, 0.5) is 0 Å². The first-order chi connectivity index (χ1) is 8.15. The first kappa shape index (κ1) is 14.6. The number of aromatic nitrogens is 2. The summed E-state index contributed by atoms with van der Waals surface area (Å²) in [6.45, 7) is 5.69. The number of hydrogen-bond acceptors (Lipinski definition) is 4. The van der Waals surface area contributed by atoms with Gasteiger partial charge in [0.05, 0.1) is 35.6 Å². The zero-order chi connectivity index (χ0) is 12.8. The Hall–Kier alpha value is -0.430. The topological polar surface area (TPSA) is 65.1 Å². The summed E-state index contributed by atoms with van der Waals surface area (Å²) in [4.78, 5) is 0. The molecule has 17 heavy (non-hydrogen) atoms. The van der Waals surface area contributed by atoms with Crippen molar-refractivity contribution in [3.05, 3.63) is 16.4 Å². The summed E-state index contributed by atoms with van der Waals surface area (Å²) >= 11 is 3.53. The van der Waals surface area contributed by atoms with Gasteiger partial charge < -0.3 is 4.74 Å². The lowest BCUT2D eigenvalue weighted by Gasteiger charge is -2.23. The largest absolute Gasteiger partial charge is 0.383 e. The Balaban J connectivity index is 2.96. The van der Waals surface area contributed by atoms with Crippen LogP contribution in [0.3, 0.4) is 0 Å². The predicted molar refractivity (Wildman–Crippen MR) is 71.3 cm³/mol. The van der Waals surface area contributed by atoms with Crippen molar-refractivity contribution in [3.8, 4) is 0 Å². The van der Waals surface area contributed by atoms with Gasteiger partial charge in [-0.2, -0.15) is 5.10 Å². The van der Waals surface area contributed by atoms with E-state index in [1.54, 1.807) is 13.3 Å². The maximum Gasteiger partial charge on any atom is 0.0712 e. The summed E-state index contributed by atoms with van der Waals surface area (Å²) in [7, 11) is 1.69. The van der Waals surface area contributed by atoms with Crippen molar-refractivity contribution in [2.24, 2.45) is 11.8 Å². The molecule has 2 unspecified atom stereocenters. The van der Waals surface area contributed by atoms with E-state index in [4.69, 9.17) is 10.6 Å². The van der Waals surface area contributed by atoms with Crippen LogP contribution in [0.5, 0.6) is 0 Å². The summed E-state index contributed by atoms with van der Waals surface area (Å²) in [5, 5.41) is 4.33. The van der Waals surface area contributed by atoms with Crippen molar-refractivity contribution in [2.45, 2.75) is 32.9 Å². The molecule has 0 aliphatic carbocycles. The Kier molecular flexibility index (Phi) is 6.11. The van der Waals surface area contributed by atoms with E-state index in [1.807, 2.05) is 4.68 Å². The van der Waals surface area contributed by atoms with E-state index in [2.05, 4.69) is 40.3 Å². The number of ether oxygens (including phenoxy) is 1. The van der Waals surface area contributed by atoms with Gasteiger partial charge in [0.15, 0.2) is 0 Å². The third kappa shape index (κ3) is 3.51. The van der Waals surface area contributed by atoms with E-state index in [1.165, 1.54) is 0 Å². The second kappa shape index (κ2) is 7.10. The van der Waals surface area contributed by atoms with Crippen molar-refractivity contribution in [1.29, 1.82) is 0 Å². The van der Waals surface area contributed by atoms with Gasteiger partial charge in [0.2, 0.25) is 0 Å². The van der Waals surface area contributed by atoms with Gasteiger partial charge in [-0.1, -0.05) is 20.3 Å². The third-order valence-electron chi connectivity index (χ3n) is 3.03. The van der Waals surface area contributed by atoms with Crippen LogP contribution >= 0.6 is 15.9 Å². The minimum atomic E-state index is 0.0914. The molecule has 1 aromatic heterocycles. The van der Waals surface area contributed by atoms with Gasteiger partial charge in [-0.3, -0.25) is 16.0 Å². The van der Waals surface area contributed by atoms with E-state index in [0.29, 0.717) is 12.5 Å². The molecule has 1 rings (SSSR count). The monoisotopic (exact) mass is 304 g/mol. The van der Waals surface area contributed by atoms with Crippen LogP contribution in [0.25, 0.3) is 0 Å². The predicted octanol–water partition coefficient (Wildman–Crippen LogP) is 1.84. The number of rotatable bonds is 7. The van der Waals surface area contributed by atoms with Crippen LogP contribution in [-0.2, 0) is 11.3 Å². The highest BCUT2D eigenvalue weighted by molar-refractivity contribution is 9.10. The summed E-state index contributed by atoms with van der Waals surface area (Å²) in [6, 6.07) is 0.0914. The lowest BCUT2D eigenvalue weighted by Crippen LogP contribution is -2.34. The van der Waals surface area contributed by atoms with Crippen LogP contribution in [-0.4, -0.2) is 23.5 Å². The van der Waals surface area contributed by atoms with Crippen LogP contribution in [0.1, 0.15) is 32.0 Å². The first-order valence-corrected chi connectivity index (χ1v) is 6.61. The smallest absolute Gasteiger partial charge is 0.0712 e. The van der Waals surface area contributed by atoms with Gasteiger partial charge >= 0.3 is 0 Å². The maximum absolute atomic E-state index is 5.66. The third-order valence-corrected chi connectivity index (χ3v) is 3.64. The highest BCUT2D eigenvalue weighted by atomic mass is 79.9. The molecule has 3 N–H and O–H groups in total. The van der Waals surface area contributed by atoms with Gasteiger partial charge in [-0.05, 0) is 21.8 Å². The summed E-state index contributed by atoms with van der Waals surface area (Å²) in [5.74, 6) is 6.10. The Morgan fingerprint density at radius 2 is 2.35 bits per heavy atom. The van der Waals surface area contributed by atoms with Crippen LogP contribution in [0, 0.1) is 5.92 Å². The van der Waals surface area contributed by atoms with Gasteiger partial charge in [0.1, 0.15) is 0 Å². The number of hydrazine groups is 1. The Bertz CT molecular complexity index is 342. The molecule has 0 fully saturated rings. The molecule has 0 radical (unpaired) electrons. The fourth-order valence-corrected chi connectivity index (χ4v) is 2.33. The van der Waals surface area contributed by atoms with Crippen LogP contribution in [0.15, 0.2) is 10.7 Å². The average Bonchev–Trinajstić information content (AvgIpc) is 2.69. The molecule has 1 heterocycles. The van der Waals surface area contributed by atoms with Crippen molar-refractivity contribution >= 4 is 15.9 Å². The number of nitrogens with two attached hydrogens (primary N) is 1. The van der Waals surface area contributed by atoms with Crippen molar-refractivity contribution in [2.75, 3.05) is 13.7 Å². The Morgan fingerprint density at radius 3 is 2.88 bits per heavy atom. The van der Waals surface area contributed by atoms with Gasteiger partial charge in [-0.15, -0.1) is 0 Å². The number of nitrogens with zero attached hydrogens (tertiary/aromatic N) is 2. The highest BCUT2D eigenvalue weighted by Gasteiger charge is 2.23. The quantitative estimate of drug-likeness (QED) is 0.596. The fraction of sp³-hybridized carbons (Fsp3) is 0.727. The van der Waals surface area contributed by atoms with Crippen molar-refractivity contribution in [3.63, 3.8) is 0 Å². The molecular weight excluding hydrogens is 284 g/mol. The number of hydrogen-bond donors (Lipinski definition) is 2. The second-order valence-corrected chi connectivity index (χ2v) is 4.98. The molecular formula is C11H21BrN4O. The lowest BCUT2D eigenvalue weighted by atomic mass is 9.97. The Morgan fingerprint density at radius 1 is 1.65 bits per heavy atom. The number of nitrogens with one attached hydrogen (secondary N) is 1. The molecule has 0 saturated heterocycles. The van der Waals surface area contributed by atoms with Crippen molar-refractivity contribution in [1.82, 2.24) is 15.2 Å². The van der Waals surface area contributed by atoms with Crippen LogP contribution in [0.2, 0.25) is 0 Å². The molecule has 5 nitrogen and oxygen atoms in total. The molecule has 0 aliphatic heterocycles. The standard InChI is InChI=1S/C11H21BrN4O/c1-4-8(2)10(15-13)11-9(12)7-14-16(11)5-6-17-3/h7-8,10,15H,4-6,13H2,1-3H3. The minimum Gasteiger partial charge on any atom is -0.383 e. The Labute approximate surface area is 111 Å². The molecule has 0 aliphatic rings. The molecule has 0 bridgehead atoms. The first-order valence-electron chi connectivity index (χ1n) is 5.81. The molecule has 0 saturated carbocycles. The zero-order valence-electron chi connectivity index (χ0n) is 10.6. The molecule has 98 valence electrons.